The van der Waals surface area contributed by atoms with Gasteiger partial charge in [-0.1, -0.05) is 78.6 Å². The molecule has 0 aromatic rings. The summed E-state index contributed by atoms with van der Waals surface area (Å²) in [5.41, 5.74) is 0. The Labute approximate surface area is 135 Å². The Balaban J connectivity index is 0. The van der Waals surface area contributed by atoms with Gasteiger partial charge in [0.1, 0.15) is 6.54 Å². The Hall–Kier alpha value is -0.0800. The van der Waals surface area contributed by atoms with Crippen LogP contribution in [0.15, 0.2) is 0 Å². The highest BCUT2D eigenvalue weighted by atomic mass is 16.5. The van der Waals surface area contributed by atoms with E-state index in [1.165, 1.54) is 64.2 Å². The Bertz CT molecular complexity index is 175. The number of ether oxygens (including phenoxy) is 1. The highest BCUT2D eigenvalue weighted by molar-refractivity contribution is 4.47. The maximum atomic E-state index is 5.67. The van der Waals surface area contributed by atoms with E-state index in [-0.39, 0.29) is 0 Å². The van der Waals surface area contributed by atoms with Crippen LogP contribution in [0.5, 0.6) is 0 Å². The quantitative estimate of drug-likeness (QED) is 0.297. The summed E-state index contributed by atoms with van der Waals surface area (Å²) in [4.78, 5) is 0. The summed E-state index contributed by atoms with van der Waals surface area (Å²) >= 11 is 0. The highest BCUT2D eigenvalue weighted by Crippen LogP contribution is 2.10. The van der Waals surface area contributed by atoms with Gasteiger partial charge in [0.05, 0.1) is 27.7 Å². The summed E-state index contributed by atoms with van der Waals surface area (Å²) in [6.45, 7) is 9.25. The van der Waals surface area contributed by atoms with Crippen molar-refractivity contribution in [2.45, 2.75) is 85.0 Å². The number of unbranched alkanes of at least 4 members (excludes halogenated alkanes) is 9. The molecule has 0 spiro atoms. The van der Waals surface area contributed by atoms with Gasteiger partial charge < -0.3 is 9.22 Å². The molecular weight excluding hydrogens is 258 g/mol. The first kappa shape index (κ1) is 23.2. The molecule has 0 unspecified atom stereocenters. The van der Waals surface area contributed by atoms with Crippen molar-refractivity contribution in [3.8, 4) is 0 Å². The second kappa shape index (κ2) is 18.0. The zero-order valence-corrected chi connectivity index (χ0v) is 16.0. The highest BCUT2D eigenvalue weighted by Gasteiger charge is 2.05. The monoisotopic (exact) mass is 302 g/mol. The van der Waals surface area contributed by atoms with Gasteiger partial charge in [-0.2, -0.15) is 0 Å². The first-order valence-electron chi connectivity index (χ1n) is 9.44. The molecule has 0 aliphatic carbocycles. The van der Waals surface area contributed by atoms with Gasteiger partial charge in [0, 0.05) is 6.61 Å². The normalized spacial score (nSPS) is 11.1. The molecule has 0 atom stereocenters. The fraction of sp³-hybridized carbons (Fsp3) is 1.00. The van der Waals surface area contributed by atoms with Gasteiger partial charge >= 0.3 is 0 Å². The molecule has 0 aliphatic rings. The molecule has 0 saturated carbocycles. The van der Waals surface area contributed by atoms with Crippen LogP contribution in [0.1, 0.15) is 85.0 Å². The maximum Gasteiger partial charge on any atom is 0.102 e. The van der Waals surface area contributed by atoms with Crippen molar-refractivity contribution < 1.29 is 9.22 Å². The van der Waals surface area contributed by atoms with Gasteiger partial charge in [-0.05, 0) is 6.42 Å². The molecule has 0 radical (unpaired) electrons. The molecular formula is C19H44NO+. The summed E-state index contributed by atoms with van der Waals surface area (Å²) < 4.78 is 6.66. The van der Waals surface area contributed by atoms with Crippen LogP contribution >= 0.6 is 0 Å². The van der Waals surface area contributed by atoms with Crippen LogP contribution in [0, 0.1) is 0 Å². The minimum atomic E-state index is 0.904. The van der Waals surface area contributed by atoms with Crippen LogP contribution in [-0.2, 0) is 4.74 Å². The minimum Gasteiger partial charge on any atom is -0.376 e. The molecule has 0 N–H and O–H groups in total. The van der Waals surface area contributed by atoms with Gasteiger partial charge in [0.2, 0.25) is 0 Å². The van der Waals surface area contributed by atoms with Gasteiger partial charge in [-0.3, -0.25) is 0 Å². The Morgan fingerprint density at radius 1 is 0.619 bits per heavy atom. The molecule has 0 bridgehead atoms. The number of quaternary nitrogens is 1. The molecule has 130 valence electrons. The summed E-state index contributed by atoms with van der Waals surface area (Å²) in [7, 11) is 6.64. The van der Waals surface area contributed by atoms with E-state index in [1.54, 1.807) is 0 Å². The average molecular weight is 303 g/mol. The molecule has 0 aromatic carbocycles. The lowest BCUT2D eigenvalue weighted by Crippen LogP contribution is -2.37. The van der Waals surface area contributed by atoms with E-state index in [2.05, 4.69) is 28.1 Å². The molecule has 0 saturated heterocycles. The van der Waals surface area contributed by atoms with Crippen molar-refractivity contribution in [1.29, 1.82) is 0 Å². The van der Waals surface area contributed by atoms with Gasteiger partial charge in [-0.15, -0.1) is 0 Å². The smallest absolute Gasteiger partial charge is 0.102 e. The Morgan fingerprint density at radius 3 is 1.48 bits per heavy atom. The van der Waals surface area contributed by atoms with Crippen molar-refractivity contribution in [3.05, 3.63) is 0 Å². The third-order valence-corrected chi connectivity index (χ3v) is 3.55. The van der Waals surface area contributed by atoms with Gasteiger partial charge in [0.25, 0.3) is 0 Å². The summed E-state index contributed by atoms with van der Waals surface area (Å²) in [5, 5.41) is 0. The van der Waals surface area contributed by atoms with E-state index in [4.69, 9.17) is 4.74 Å². The van der Waals surface area contributed by atoms with Crippen molar-refractivity contribution in [2.75, 3.05) is 40.9 Å². The predicted molar refractivity (Wildman–Crippen MR) is 96.9 cm³/mol. The zero-order valence-electron chi connectivity index (χ0n) is 16.0. The molecule has 0 fully saturated rings. The third kappa shape index (κ3) is 25.2. The standard InChI is InChI=1S/C17H38NO.C2H6/c1-5-6-7-8-9-10-11-12-13-14-16-19-17-15-18(2,3)4;1-2/h5-17H2,1-4H3;1-2H3/q+1;. The van der Waals surface area contributed by atoms with Gasteiger partial charge in [0.15, 0.2) is 0 Å². The van der Waals surface area contributed by atoms with Crippen LogP contribution in [0.25, 0.3) is 0 Å². The lowest BCUT2D eigenvalue weighted by molar-refractivity contribution is -0.870. The van der Waals surface area contributed by atoms with Crippen molar-refractivity contribution in [1.82, 2.24) is 0 Å². The molecule has 0 aliphatic heterocycles. The number of nitrogens with zero attached hydrogens (tertiary/aromatic N) is 1. The van der Waals surface area contributed by atoms with Crippen LogP contribution < -0.4 is 0 Å². The molecule has 0 heterocycles. The van der Waals surface area contributed by atoms with Crippen molar-refractivity contribution >= 4 is 0 Å². The number of likely N-dealkylation sites (N-methyl/N-ethyl adjacent to an activating group) is 1. The summed E-state index contributed by atoms with van der Waals surface area (Å²) in [6, 6.07) is 0. The van der Waals surface area contributed by atoms with E-state index in [9.17, 15) is 0 Å². The lowest BCUT2D eigenvalue weighted by Gasteiger charge is -2.23. The maximum absolute atomic E-state index is 5.67. The van der Waals surface area contributed by atoms with Crippen LogP contribution in [0.4, 0.5) is 0 Å². The molecule has 2 nitrogen and oxygen atoms in total. The predicted octanol–water partition coefficient (Wildman–Crippen LogP) is 5.66. The molecule has 0 rings (SSSR count). The van der Waals surface area contributed by atoms with Gasteiger partial charge in [-0.25, -0.2) is 0 Å². The van der Waals surface area contributed by atoms with Crippen molar-refractivity contribution in [2.24, 2.45) is 0 Å². The Kier molecular flexibility index (Phi) is 19.8. The fourth-order valence-corrected chi connectivity index (χ4v) is 2.13. The third-order valence-electron chi connectivity index (χ3n) is 3.55. The lowest BCUT2D eigenvalue weighted by atomic mass is 10.1. The SMILES string of the molecule is CC.CCCCCCCCCCCCOCC[N+](C)(C)C. The van der Waals surface area contributed by atoms with Crippen molar-refractivity contribution in [3.63, 3.8) is 0 Å². The topological polar surface area (TPSA) is 9.23 Å². The zero-order chi connectivity index (χ0) is 16.4. The van der Waals surface area contributed by atoms with E-state index >= 15 is 0 Å². The molecule has 0 aromatic heterocycles. The van der Waals surface area contributed by atoms with Crippen LogP contribution in [0.2, 0.25) is 0 Å². The molecule has 21 heavy (non-hydrogen) atoms. The molecule has 0 amide bonds. The van der Waals surface area contributed by atoms with E-state index in [1.807, 2.05) is 13.8 Å². The largest absolute Gasteiger partial charge is 0.376 e. The first-order valence-corrected chi connectivity index (χ1v) is 9.44. The summed E-state index contributed by atoms with van der Waals surface area (Å²) in [6.07, 6.45) is 14.0. The Morgan fingerprint density at radius 2 is 1.05 bits per heavy atom. The number of hydrogen-bond donors (Lipinski definition) is 0. The van der Waals surface area contributed by atoms with E-state index in [0.717, 1.165) is 24.2 Å². The van der Waals surface area contributed by atoms with Crippen LogP contribution in [0.3, 0.4) is 0 Å². The molecule has 2 heteroatoms. The van der Waals surface area contributed by atoms with E-state index in [0.29, 0.717) is 0 Å². The fourth-order valence-electron chi connectivity index (χ4n) is 2.13. The van der Waals surface area contributed by atoms with E-state index < -0.39 is 0 Å². The first-order chi connectivity index (χ1) is 10.1. The number of hydrogen-bond acceptors (Lipinski definition) is 1. The average Bonchev–Trinajstić information content (AvgIpc) is 2.45. The van der Waals surface area contributed by atoms with Crippen LogP contribution in [-0.4, -0.2) is 45.4 Å². The summed E-state index contributed by atoms with van der Waals surface area (Å²) in [5.74, 6) is 0. The minimum absolute atomic E-state index is 0.904. The number of rotatable bonds is 14. The second-order valence-electron chi connectivity index (χ2n) is 6.81. The second-order valence-corrected chi connectivity index (χ2v) is 6.81.